The molecular weight excluding hydrogens is 318 g/mol. The Labute approximate surface area is 129 Å². The number of ether oxygens (including phenoxy) is 1. The zero-order chi connectivity index (χ0) is 14.6. The summed E-state index contributed by atoms with van der Waals surface area (Å²) in [6, 6.07) is 6.46. The molecule has 0 amide bonds. The van der Waals surface area contributed by atoms with E-state index in [-0.39, 0.29) is 0 Å². The van der Waals surface area contributed by atoms with Crippen molar-refractivity contribution in [3.8, 4) is 5.75 Å². The van der Waals surface area contributed by atoms with Crippen LogP contribution in [0.5, 0.6) is 5.75 Å². The molecule has 20 heavy (non-hydrogen) atoms. The van der Waals surface area contributed by atoms with Crippen molar-refractivity contribution in [1.82, 2.24) is 5.32 Å². The van der Waals surface area contributed by atoms with E-state index in [4.69, 9.17) is 4.74 Å². The maximum Gasteiger partial charge on any atom is 0.124 e. The number of halogens is 1. The van der Waals surface area contributed by atoms with Crippen LogP contribution in [-0.4, -0.2) is 23.4 Å². The van der Waals surface area contributed by atoms with E-state index in [1.165, 1.54) is 0 Å². The Morgan fingerprint density at radius 2 is 2.05 bits per heavy atom. The van der Waals surface area contributed by atoms with Gasteiger partial charge < -0.3 is 15.2 Å². The van der Waals surface area contributed by atoms with Crippen LogP contribution in [0.15, 0.2) is 22.7 Å². The summed E-state index contributed by atoms with van der Waals surface area (Å²) >= 11 is 3.50. The lowest BCUT2D eigenvalue weighted by Crippen LogP contribution is -2.32. The molecule has 0 atom stereocenters. The van der Waals surface area contributed by atoms with Crippen molar-refractivity contribution in [2.45, 2.75) is 57.7 Å². The number of nitrogens with one attached hydrogen (secondary N) is 1. The highest BCUT2D eigenvalue weighted by atomic mass is 79.9. The number of aliphatic hydroxyl groups is 1. The van der Waals surface area contributed by atoms with E-state index < -0.39 is 5.60 Å². The van der Waals surface area contributed by atoms with E-state index in [1.54, 1.807) is 0 Å². The van der Waals surface area contributed by atoms with Gasteiger partial charge in [0.15, 0.2) is 0 Å². The van der Waals surface area contributed by atoms with Crippen LogP contribution in [-0.2, 0) is 6.54 Å². The van der Waals surface area contributed by atoms with E-state index in [0.29, 0.717) is 12.6 Å². The smallest absolute Gasteiger partial charge is 0.124 e. The molecule has 1 fully saturated rings. The first kappa shape index (κ1) is 15.8. The summed E-state index contributed by atoms with van der Waals surface area (Å²) in [5.74, 6) is 0.863. The lowest BCUT2D eigenvalue weighted by atomic mass is 10.0. The Balaban J connectivity index is 2.02. The molecule has 2 N–H and O–H groups in total. The third-order valence-corrected chi connectivity index (χ3v) is 4.25. The Kier molecular flexibility index (Phi) is 5.47. The molecule has 0 heterocycles. The van der Waals surface area contributed by atoms with Crippen LogP contribution in [0.3, 0.4) is 0 Å². The van der Waals surface area contributed by atoms with Crippen LogP contribution < -0.4 is 10.1 Å². The highest BCUT2D eigenvalue weighted by Gasteiger charge is 2.32. The van der Waals surface area contributed by atoms with Gasteiger partial charge in [-0.3, -0.25) is 0 Å². The SMILES string of the molecule is CC(C)NCc1cc(Br)ccc1OCC1(O)CCCC1. The van der Waals surface area contributed by atoms with Gasteiger partial charge in [0.1, 0.15) is 12.4 Å². The van der Waals surface area contributed by atoms with Gasteiger partial charge in [0, 0.05) is 22.6 Å². The number of rotatable bonds is 6. The van der Waals surface area contributed by atoms with Crippen LogP contribution in [0.25, 0.3) is 0 Å². The first-order chi connectivity index (χ1) is 9.48. The molecular formula is C16H24BrNO2. The Morgan fingerprint density at radius 3 is 2.70 bits per heavy atom. The van der Waals surface area contributed by atoms with Crippen molar-refractivity contribution in [3.63, 3.8) is 0 Å². The lowest BCUT2D eigenvalue weighted by Gasteiger charge is -2.23. The van der Waals surface area contributed by atoms with E-state index in [9.17, 15) is 5.11 Å². The molecule has 0 spiro atoms. The fourth-order valence-corrected chi connectivity index (χ4v) is 2.94. The molecule has 1 aliphatic rings. The monoisotopic (exact) mass is 341 g/mol. The van der Waals surface area contributed by atoms with Crippen LogP contribution in [0, 0.1) is 0 Å². The minimum Gasteiger partial charge on any atom is -0.490 e. The minimum atomic E-state index is -0.629. The molecule has 0 aromatic heterocycles. The maximum atomic E-state index is 10.4. The quantitative estimate of drug-likeness (QED) is 0.830. The summed E-state index contributed by atoms with van der Waals surface area (Å²) in [5, 5.41) is 13.8. The summed E-state index contributed by atoms with van der Waals surface area (Å²) in [6.45, 7) is 5.41. The predicted molar refractivity (Wildman–Crippen MR) is 85.0 cm³/mol. The fraction of sp³-hybridized carbons (Fsp3) is 0.625. The van der Waals surface area contributed by atoms with Crippen molar-refractivity contribution < 1.29 is 9.84 Å². The molecule has 0 radical (unpaired) electrons. The van der Waals surface area contributed by atoms with Gasteiger partial charge in [-0.2, -0.15) is 0 Å². The van der Waals surface area contributed by atoms with Crippen LogP contribution >= 0.6 is 15.9 Å². The van der Waals surface area contributed by atoms with Gasteiger partial charge in [-0.1, -0.05) is 42.6 Å². The Morgan fingerprint density at radius 1 is 1.35 bits per heavy atom. The standard InChI is InChI=1S/C16H24BrNO2/c1-12(2)18-10-13-9-14(17)5-6-15(13)20-11-16(19)7-3-4-8-16/h5-6,9,12,18-19H,3-4,7-8,10-11H2,1-2H3. The van der Waals surface area contributed by atoms with E-state index in [0.717, 1.165) is 48.0 Å². The summed E-state index contributed by atoms with van der Waals surface area (Å²) in [4.78, 5) is 0. The molecule has 1 aromatic carbocycles. The van der Waals surface area contributed by atoms with Crippen LogP contribution in [0.1, 0.15) is 45.1 Å². The second kappa shape index (κ2) is 6.92. The summed E-state index contributed by atoms with van der Waals surface area (Å²) in [7, 11) is 0. The van der Waals surface area contributed by atoms with Gasteiger partial charge in [-0.15, -0.1) is 0 Å². The molecule has 3 nitrogen and oxygen atoms in total. The first-order valence-electron chi connectivity index (χ1n) is 7.35. The van der Waals surface area contributed by atoms with Crippen molar-refractivity contribution >= 4 is 15.9 Å². The van der Waals surface area contributed by atoms with E-state index in [1.807, 2.05) is 12.1 Å². The molecule has 4 heteroatoms. The largest absolute Gasteiger partial charge is 0.490 e. The molecule has 1 aliphatic carbocycles. The maximum absolute atomic E-state index is 10.4. The fourth-order valence-electron chi connectivity index (χ4n) is 2.53. The normalized spacial score (nSPS) is 17.6. The molecule has 0 unspecified atom stereocenters. The van der Waals surface area contributed by atoms with Crippen molar-refractivity contribution in [2.24, 2.45) is 0 Å². The third kappa shape index (κ3) is 4.47. The highest BCUT2D eigenvalue weighted by Crippen LogP contribution is 2.31. The summed E-state index contributed by atoms with van der Waals surface area (Å²) in [5.41, 5.74) is 0.491. The number of hydrogen-bond acceptors (Lipinski definition) is 3. The topological polar surface area (TPSA) is 41.5 Å². The van der Waals surface area contributed by atoms with E-state index in [2.05, 4.69) is 41.2 Å². The van der Waals surface area contributed by atoms with E-state index >= 15 is 0 Å². The van der Waals surface area contributed by atoms with Crippen molar-refractivity contribution in [2.75, 3.05) is 6.61 Å². The summed E-state index contributed by atoms with van der Waals surface area (Å²) in [6.07, 6.45) is 3.90. The van der Waals surface area contributed by atoms with Gasteiger partial charge in [-0.05, 0) is 31.0 Å². The van der Waals surface area contributed by atoms with Crippen molar-refractivity contribution in [3.05, 3.63) is 28.2 Å². The number of hydrogen-bond donors (Lipinski definition) is 2. The predicted octanol–water partition coefficient (Wildman–Crippen LogP) is 3.63. The van der Waals surface area contributed by atoms with Gasteiger partial charge in [0.2, 0.25) is 0 Å². The zero-order valence-corrected chi connectivity index (χ0v) is 13.9. The minimum absolute atomic E-state index is 0.392. The van der Waals surface area contributed by atoms with Gasteiger partial charge in [0.05, 0.1) is 5.60 Å². The lowest BCUT2D eigenvalue weighted by molar-refractivity contribution is 0.00110. The van der Waals surface area contributed by atoms with Crippen molar-refractivity contribution in [1.29, 1.82) is 0 Å². The molecule has 0 saturated heterocycles. The number of benzene rings is 1. The second-order valence-electron chi connectivity index (χ2n) is 6.01. The van der Waals surface area contributed by atoms with Gasteiger partial charge >= 0.3 is 0 Å². The van der Waals surface area contributed by atoms with Gasteiger partial charge in [-0.25, -0.2) is 0 Å². The molecule has 112 valence electrons. The first-order valence-corrected chi connectivity index (χ1v) is 8.15. The molecule has 1 saturated carbocycles. The third-order valence-electron chi connectivity index (χ3n) is 3.75. The molecule has 0 bridgehead atoms. The molecule has 1 aromatic rings. The average Bonchev–Trinajstić information content (AvgIpc) is 2.82. The average molecular weight is 342 g/mol. The van der Waals surface area contributed by atoms with Crippen LogP contribution in [0.4, 0.5) is 0 Å². The Bertz CT molecular complexity index is 442. The zero-order valence-electron chi connectivity index (χ0n) is 12.3. The Hall–Kier alpha value is -0.580. The van der Waals surface area contributed by atoms with Gasteiger partial charge in [0.25, 0.3) is 0 Å². The highest BCUT2D eigenvalue weighted by molar-refractivity contribution is 9.10. The second-order valence-corrected chi connectivity index (χ2v) is 6.92. The molecule has 0 aliphatic heterocycles. The summed E-state index contributed by atoms with van der Waals surface area (Å²) < 4.78 is 6.95. The van der Waals surface area contributed by atoms with Crippen LogP contribution in [0.2, 0.25) is 0 Å². The molecule has 2 rings (SSSR count).